The molecular weight excluding hydrogens is 413 g/mol. The van der Waals surface area contributed by atoms with Crippen molar-refractivity contribution in [3.8, 4) is 5.19 Å². The van der Waals surface area contributed by atoms with E-state index >= 15 is 0 Å². The number of hydrogen-bond donors (Lipinski definition) is 0. The number of benzene rings is 2. The van der Waals surface area contributed by atoms with Gasteiger partial charge < -0.3 is 9.64 Å². The first-order valence-electron chi connectivity index (χ1n) is 9.73. The number of likely N-dealkylation sites (tertiary alicyclic amines) is 1. The number of piperidine rings is 1. The van der Waals surface area contributed by atoms with Crippen LogP contribution in [0.4, 0.5) is 13.2 Å². The maximum atomic E-state index is 13.2. The highest BCUT2D eigenvalue weighted by molar-refractivity contribution is 7.20. The maximum Gasteiger partial charge on any atom is 0.417 e. The van der Waals surface area contributed by atoms with E-state index in [0.29, 0.717) is 31.1 Å². The fourth-order valence-electron chi connectivity index (χ4n) is 3.70. The summed E-state index contributed by atoms with van der Waals surface area (Å²) < 4.78 is 46.8. The molecule has 0 unspecified atom stereocenters. The molecule has 1 aliphatic rings. The predicted octanol–water partition coefficient (Wildman–Crippen LogP) is 5.62. The van der Waals surface area contributed by atoms with Crippen LogP contribution in [0, 0.1) is 13.8 Å². The van der Waals surface area contributed by atoms with Crippen LogP contribution in [0.25, 0.3) is 10.2 Å². The number of aromatic nitrogens is 1. The molecule has 4 nitrogen and oxygen atoms in total. The number of hydrogen-bond acceptors (Lipinski definition) is 4. The van der Waals surface area contributed by atoms with Gasteiger partial charge in [-0.1, -0.05) is 35.6 Å². The highest BCUT2D eigenvalue weighted by Crippen LogP contribution is 2.35. The van der Waals surface area contributed by atoms with Crippen LogP contribution in [0.15, 0.2) is 36.4 Å². The minimum absolute atomic E-state index is 0.118. The molecule has 1 saturated heterocycles. The van der Waals surface area contributed by atoms with E-state index in [9.17, 15) is 18.0 Å². The minimum Gasteiger partial charge on any atom is -0.467 e. The van der Waals surface area contributed by atoms with Gasteiger partial charge in [-0.3, -0.25) is 4.79 Å². The molecule has 0 spiro atoms. The first-order chi connectivity index (χ1) is 14.2. The van der Waals surface area contributed by atoms with Crippen molar-refractivity contribution >= 4 is 27.5 Å². The molecule has 158 valence electrons. The molecule has 8 heteroatoms. The van der Waals surface area contributed by atoms with Gasteiger partial charge in [-0.25, -0.2) is 4.98 Å². The summed E-state index contributed by atoms with van der Waals surface area (Å²) in [7, 11) is 0. The lowest BCUT2D eigenvalue weighted by Gasteiger charge is -2.32. The van der Waals surface area contributed by atoms with Crippen LogP contribution >= 0.6 is 11.3 Å². The zero-order chi connectivity index (χ0) is 21.5. The number of fused-ring (bicyclic) bond motifs is 1. The van der Waals surface area contributed by atoms with Gasteiger partial charge in [0, 0.05) is 25.9 Å². The fourth-order valence-corrected chi connectivity index (χ4v) is 4.72. The Morgan fingerprint density at radius 1 is 1.10 bits per heavy atom. The molecule has 1 aromatic heterocycles. The fraction of sp³-hybridized carbons (Fsp3) is 0.364. The van der Waals surface area contributed by atoms with E-state index in [2.05, 4.69) is 11.1 Å². The third-order valence-electron chi connectivity index (χ3n) is 5.38. The number of aryl methyl sites for hydroxylation is 2. The maximum absolute atomic E-state index is 13.2. The highest BCUT2D eigenvalue weighted by atomic mass is 32.1. The summed E-state index contributed by atoms with van der Waals surface area (Å²) in [6, 6.07) is 9.02. The summed E-state index contributed by atoms with van der Waals surface area (Å²) in [5.41, 5.74) is 1.97. The average molecular weight is 434 g/mol. The molecular formula is C22H21F3N2O2S. The Hall–Kier alpha value is -2.61. The van der Waals surface area contributed by atoms with Crippen LogP contribution in [0.3, 0.4) is 0 Å². The lowest BCUT2D eigenvalue weighted by Crippen LogP contribution is -2.42. The summed E-state index contributed by atoms with van der Waals surface area (Å²) >= 11 is 1.50. The number of ether oxygens (including phenoxy) is 1. The summed E-state index contributed by atoms with van der Waals surface area (Å²) in [6.45, 7) is 4.73. The SMILES string of the molecule is Cc1ccc(C)c2sc(OC3CCN(C(=O)c4ccccc4C(F)(F)F)CC3)nc12. The van der Waals surface area contributed by atoms with Crippen molar-refractivity contribution < 1.29 is 22.7 Å². The van der Waals surface area contributed by atoms with Gasteiger partial charge in [0.15, 0.2) is 0 Å². The summed E-state index contributed by atoms with van der Waals surface area (Å²) in [4.78, 5) is 18.8. The number of nitrogens with zero attached hydrogens (tertiary/aromatic N) is 2. The van der Waals surface area contributed by atoms with Crippen molar-refractivity contribution in [1.82, 2.24) is 9.88 Å². The number of carbonyl (C=O) groups excluding carboxylic acids is 1. The number of alkyl halides is 3. The van der Waals surface area contributed by atoms with Crippen molar-refractivity contribution in [1.29, 1.82) is 0 Å². The predicted molar refractivity (Wildman–Crippen MR) is 110 cm³/mol. The largest absolute Gasteiger partial charge is 0.467 e. The van der Waals surface area contributed by atoms with Gasteiger partial charge in [0.1, 0.15) is 6.10 Å². The molecule has 0 radical (unpaired) electrons. The molecule has 0 N–H and O–H groups in total. The van der Waals surface area contributed by atoms with Gasteiger partial charge in [0.25, 0.3) is 11.1 Å². The molecule has 0 saturated carbocycles. The lowest BCUT2D eigenvalue weighted by molar-refractivity contribution is -0.138. The molecule has 2 heterocycles. The topological polar surface area (TPSA) is 42.4 Å². The molecule has 4 rings (SSSR count). The molecule has 0 aliphatic carbocycles. The van der Waals surface area contributed by atoms with Crippen molar-refractivity contribution in [2.75, 3.05) is 13.1 Å². The van der Waals surface area contributed by atoms with Crippen molar-refractivity contribution in [3.63, 3.8) is 0 Å². The minimum atomic E-state index is -4.56. The van der Waals surface area contributed by atoms with E-state index in [1.165, 1.54) is 34.4 Å². The second-order valence-electron chi connectivity index (χ2n) is 7.51. The zero-order valence-corrected chi connectivity index (χ0v) is 17.4. The van der Waals surface area contributed by atoms with Crippen molar-refractivity contribution in [3.05, 3.63) is 58.7 Å². The third-order valence-corrected chi connectivity index (χ3v) is 6.46. The van der Waals surface area contributed by atoms with Gasteiger partial charge in [0.05, 0.1) is 21.3 Å². The van der Waals surface area contributed by atoms with Gasteiger partial charge in [-0.15, -0.1) is 0 Å². The van der Waals surface area contributed by atoms with Gasteiger partial charge in [-0.2, -0.15) is 13.2 Å². The summed E-state index contributed by atoms with van der Waals surface area (Å²) in [6.07, 6.45) is -3.58. The Bertz CT molecular complexity index is 1050. The second-order valence-corrected chi connectivity index (χ2v) is 8.47. The number of rotatable bonds is 3. The van der Waals surface area contributed by atoms with Crippen LogP contribution in [-0.4, -0.2) is 35.0 Å². The lowest BCUT2D eigenvalue weighted by atomic mass is 10.0. The Morgan fingerprint density at radius 3 is 2.43 bits per heavy atom. The van der Waals surface area contributed by atoms with Crippen molar-refractivity contribution in [2.24, 2.45) is 0 Å². The number of amides is 1. The van der Waals surface area contributed by atoms with Crippen LogP contribution in [-0.2, 0) is 6.18 Å². The van der Waals surface area contributed by atoms with Crippen LogP contribution in [0.5, 0.6) is 5.19 Å². The Balaban J connectivity index is 1.43. The highest BCUT2D eigenvalue weighted by Gasteiger charge is 2.36. The molecule has 3 aromatic rings. The van der Waals surface area contributed by atoms with E-state index < -0.39 is 17.6 Å². The van der Waals surface area contributed by atoms with E-state index in [-0.39, 0.29) is 11.7 Å². The summed E-state index contributed by atoms with van der Waals surface area (Å²) in [5, 5.41) is 0.592. The van der Waals surface area contributed by atoms with E-state index in [1.807, 2.05) is 19.9 Å². The number of halogens is 3. The molecule has 1 fully saturated rings. The first kappa shape index (κ1) is 20.7. The standard InChI is InChI=1S/C22H21F3N2O2S/c1-13-7-8-14(2)19-18(13)26-21(30-19)29-15-9-11-27(12-10-15)20(28)16-5-3-4-6-17(16)22(23,24)25/h3-8,15H,9-12H2,1-2H3. The van der Waals surface area contributed by atoms with Gasteiger partial charge in [-0.05, 0) is 37.1 Å². The first-order valence-corrected chi connectivity index (χ1v) is 10.5. The van der Waals surface area contributed by atoms with Crippen LogP contribution < -0.4 is 4.74 Å². The van der Waals surface area contributed by atoms with E-state index in [1.54, 1.807) is 0 Å². The zero-order valence-electron chi connectivity index (χ0n) is 16.6. The normalized spacial score (nSPS) is 15.6. The van der Waals surface area contributed by atoms with E-state index in [4.69, 9.17) is 4.74 Å². The third kappa shape index (κ3) is 4.01. The second kappa shape index (κ2) is 7.91. The Labute approximate surface area is 176 Å². The van der Waals surface area contributed by atoms with Gasteiger partial charge in [0.2, 0.25) is 0 Å². The number of carbonyl (C=O) groups is 1. The van der Waals surface area contributed by atoms with Crippen LogP contribution in [0.2, 0.25) is 0 Å². The quantitative estimate of drug-likeness (QED) is 0.538. The van der Waals surface area contributed by atoms with Gasteiger partial charge >= 0.3 is 6.18 Å². The molecule has 0 atom stereocenters. The molecule has 2 aromatic carbocycles. The molecule has 1 aliphatic heterocycles. The van der Waals surface area contributed by atoms with E-state index in [0.717, 1.165) is 27.4 Å². The molecule has 30 heavy (non-hydrogen) atoms. The average Bonchev–Trinajstić information content (AvgIpc) is 3.15. The molecule has 1 amide bonds. The van der Waals surface area contributed by atoms with Crippen LogP contribution in [0.1, 0.15) is 39.9 Å². The summed E-state index contributed by atoms with van der Waals surface area (Å²) in [5.74, 6) is -0.590. The monoisotopic (exact) mass is 434 g/mol. The molecule has 0 bridgehead atoms. The number of thiazole rings is 1. The Morgan fingerprint density at radius 2 is 1.77 bits per heavy atom. The Kier molecular flexibility index (Phi) is 5.44. The smallest absolute Gasteiger partial charge is 0.417 e. The van der Waals surface area contributed by atoms with Crippen molar-refractivity contribution in [2.45, 2.75) is 39.0 Å².